The van der Waals surface area contributed by atoms with Crippen molar-refractivity contribution >= 4 is 39.8 Å². The molecule has 0 fully saturated rings. The number of nitrogens with zero attached hydrogens (tertiary/aromatic N) is 1. The van der Waals surface area contributed by atoms with Crippen LogP contribution in [0.1, 0.15) is 51.5 Å². The monoisotopic (exact) mass is 495 g/mol. The van der Waals surface area contributed by atoms with Gasteiger partial charge in [-0.1, -0.05) is 56.5 Å². The lowest BCUT2D eigenvalue weighted by atomic mass is 10.2. The second kappa shape index (κ2) is 15.2. The molecule has 0 saturated carbocycles. The SMILES string of the molecule is CCCCCCNC(=NCCCS(=O)(=O)Cc1ccccc1)NCC.I. The predicted octanol–water partition coefficient (Wildman–Crippen LogP) is 3.74. The Balaban J connectivity index is 0.00000625. The largest absolute Gasteiger partial charge is 0.357 e. The van der Waals surface area contributed by atoms with Crippen LogP contribution in [0, 0.1) is 0 Å². The molecule has 0 aliphatic heterocycles. The number of benzene rings is 1. The minimum atomic E-state index is -3.08. The first kappa shape index (κ1) is 25.2. The molecule has 0 spiro atoms. The van der Waals surface area contributed by atoms with E-state index in [0.29, 0.717) is 13.0 Å². The third-order valence-electron chi connectivity index (χ3n) is 3.78. The zero-order valence-corrected chi connectivity index (χ0v) is 19.2. The van der Waals surface area contributed by atoms with E-state index >= 15 is 0 Å². The van der Waals surface area contributed by atoms with Crippen molar-refractivity contribution in [3.63, 3.8) is 0 Å². The quantitative estimate of drug-likeness (QED) is 0.201. The van der Waals surface area contributed by atoms with Gasteiger partial charge in [0.15, 0.2) is 15.8 Å². The summed E-state index contributed by atoms with van der Waals surface area (Å²) in [6.07, 6.45) is 5.38. The van der Waals surface area contributed by atoms with Gasteiger partial charge in [0.25, 0.3) is 0 Å². The number of aliphatic imine (C=N–C) groups is 1. The first-order valence-corrected chi connectivity index (χ1v) is 11.2. The molecular formula is C19H34IN3O2S. The summed E-state index contributed by atoms with van der Waals surface area (Å²) in [5.41, 5.74) is 0.841. The molecule has 1 aromatic rings. The summed E-state index contributed by atoms with van der Waals surface area (Å²) in [4.78, 5) is 4.47. The van der Waals surface area contributed by atoms with Crippen molar-refractivity contribution in [3.8, 4) is 0 Å². The van der Waals surface area contributed by atoms with Gasteiger partial charge < -0.3 is 10.6 Å². The molecule has 26 heavy (non-hydrogen) atoms. The topological polar surface area (TPSA) is 70.6 Å². The highest BCUT2D eigenvalue weighted by Gasteiger charge is 2.11. The van der Waals surface area contributed by atoms with E-state index in [1.165, 1.54) is 19.3 Å². The fraction of sp³-hybridized carbons (Fsp3) is 0.632. The first-order valence-electron chi connectivity index (χ1n) is 9.34. The highest BCUT2D eigenvalue weighted by Crippen LogP contribution is 2.07. The number of hydrogen-bond acceptors (Lipinski definition) is 3. The molecular weight excluding hydrogens is 461 g/mol. The fourth-order valence-corrected chi connectivity index (χ4v) is 3.89. The number of unbranched alkanes of at least 4 members (excludes halogenated alkanes) is 3. The smallest absolute Gasteiger partial charge is 0.191 e. The molecule has 1 rings (SSSR count). The van der Waals surface area contributed by atoms with Gasteiger partial charge in [-0.15, -0.1) is 24.0 Å². The lowest BCUT2D eigenvalue weighted by Crippen LogP contribution is -2.37. The van der Waals surface area contributed by atoms with Crippen molar-refractivity contribution in [1.82, 2.24) is 10.6 Å². The van der Waals surface area contributed by atoms with Crippen LogP contribution in [0.15, 0.2) is 35.3 Å². The standard InChI is InChI=1S/C19H33N3O2S.HI/c1-3-5-6-10-14-21-19(20-4-2)22-15-11-16-25(23,24)17-18-12-8-7-9-13-18;/h7-9,12-13H,3-6,10-11,14-17H2,1-2H3,(H2,20,21,22);1H. The summed E-state index contributed by atoms with van der Waals surface area (Å²) in [6.45, 7) is 6.44. The molecule has 0 heterocycles. The van der Waals surface area contributed by atoms with Gasteiger partial charge in [-0.2, -0.15) is 0 Å². The van der Waals surface area contributed by atoms with E-state index in [9.17, 15) is 8.42 Å². The molecule has 0 radical (unpaired) electrons. The number of nitrogens with one attached hydrogen (secondary N) is 2. The van der Waals surface area contributed by atoms with Crippen molar-refractivity contribution in [2.75, 3.05) is 25.4 Å². The van der Waals surface area contributed by atoms with Crippen LogP contribution < -0.4 is 10.6 Å². The Morgan fingerprint density at radius 3 is 2.38 bits per heavy atom. The van der Waals surface area contributed by atoms with E-state index in [1.807, 2.05) is 37.3 Å². The van der Waals surface area contributed by atoms with Gasteiger partial charge in [0.1, 0.15) is 0 Å². The normalized spacial score (nSPS) is 11.7. The van der Waals surface area contributed by atoms with Gasteiger partial charge in [0.2, 0.25) is 0 Å². The molecule has 1 aromatic carbocycles. The third-order valence-corrected chi connectivity index (χ3v) is 5.46. The molecule has 150 valence electrons. The number of rotatable bonds is 12. The summed E-state index contributed by atoms with van der Waals surface area (Å²) in [7, 11) is -3.08. The van der Waals surface area contributed by atoms with E-state index in [2.05, 4.69) is 22.5 Å². The van der Waals surface area contributed by atoms with Gasteiger partial charge in [-0.3, -0.25) is 4.99 Å². The van der Waals surface area contributed by atoms with E-state index in [1.54, 1.807) is 0 Å². The van der Waals surface area contributed by atoms with Crippen LogP contribution in [0.2, 0.25) is 0 Å². The Hall–Kier alpha value is -0.830. The van der Waals surface area contributed by atoms with Crippen LogP contribution in [0.4, 0.5) is 0 Å². The average molecular weight is 495 g/mol. The lowest BCUT2D eigenvalue weighted by molar-refractivity contribution is 0.592. The average Bonchev–Trinajstić information content (AvgIpc) is 2.59. The van der Waals surface area contributed by atoms with Gasteiger partial charge in [0, 0.05) is 19.6 Å². The van der Waals surface area contributed by atoms with Crippen LogP contribution in [0.3, 0.4) is 0 Å². The van der Waals surface area contributed by atoms with Gasteiger partial charge >= 0.3 is 0 Å². The van der Waals surface area contributed by atoms with E-state index in [0.717, 1.165) is 31.0 Å². The summed E-state index contributed by atoms with van der Waals surface area (Å²) in [5.74, 6) is 1.05. The molecule has 0 amide bonds. The lowest BCUT2D eigenvalue weighted by Gasteiger charge is -2.11. The van der Waals surface area contributed by atoms with Crippen molar-refractivity contribution in [1.29, 1.82) is 0 Å². The highest BCUT2D eigenvalue weighted by atomic mass is 127. The Morgan fingerprint density at radius 1 is 1.00 bits per heavy atom. The molecule has 0 saturated heterocycles. The predicted molar refractivity (Wildman–Crippen MR) is 122 cm³/mol. The van der Waals surface area contributed by atoms with Crippen molar-refractivity contribution < 1.29 is 8.42 Å². The van der Waals surface area contributed by atoms with Crippen molar-refractivity contribution in [3.05, 3.63) is 35.9 Å². The van der Waals surface area contributed by atoms with Crippen molar-refractivity contribution in [2.24, 2.45) is 4.99 Å². The Kier molecular flexibility index (Phi) is 14.8. The molecule has 2 N–H and O–H groups in total. The summed E-state index contributed by atoms with van der Waals surface area (Å²) >= 11 is 0. The molecule has 0 aromatic heterocycles. The maximum Gasteiger partial charge on any atom is 0.191 e. The number of guanidine groups is 1. The zero-order valence-electron chi connectivity index (χ0n) is 16.0. The fourth-order valence-electron chi connectivity index (χ4n) is 2.48. The maximum absolute atomic E-state index is 12.2. The summed E-state index contributed by atoms with van der Waals surface area (Å²) in [5, 5.41) is 6.51. The second-order valence-electron chi connectivity index (χ2n) is 6.18. The number of hydrogen-bond donors (Lipinski definition) is 2. The van der Waals surface area contributed by atoms with E-state index in [4.69, 9.17) is 0 Å². The van der Waals surface area contributed by atoms with Gasteiger partial charge in [-0.25, -0.2) is 8.42 Å². The number of sulfone groups is 1. The molecule has 0 aliphatic rings. The second-order valence-corrected chi connectivity index (χ2v) is 8.36. The molecule has 0 bridgehead atoms. The molecule has 0 unspecified atom stereocenters. The molecule has 7 heteroatoms. The van der Waals surface area contributed by atoms with Crippen LogP contribution in [-0.2, 0) is 15.6 Å². The van der Waals surface area contributed by atoms with Crippen molar-refractivity contribution in [2.45, 2.75) is 51.7 Å². The summed E-state index contributed by atoms with van der Waals surface area (Å²) in [6, 6.07) is 9.32. The van der Waals surface area contributed by atoms with E-state index in [-0.39, 0.29) is 35.5 Å². The minimum Gasteiger partial charge on any atom is -0.357 e. The zero-order chi connectivity index (χ0) is 18.4. The summed E-state index contributed by atoms with van der Waals surface area (Å²) < 4.78 is 24.3. The van der Waals surface area contributed by atoms with Crippen LogP contribution in [-0.4, -0.2) is 39.8 Å². The molecule has 5 nitrogen and oxygen atoms in total. The van der Waals surface area contributed by atoms with E-state index < -0.39 is 9.84 Å². The van der Waals surface area contributed by atoms with Crippen LogP contribution in [0.5, 0.6) is 0 Å². The first-order chi connectivity index (χ1) is 12.1. The Labute approximate surface area is 176 Å². The number of halogens is 1. The molecule has 0 aliphatic carbocycles. The van der Waals surface area contributed by atoms with Gasteiger partial charge in [-0.05, 0) is 25.3 Å². The van der Waals surface area contributed by atoms with Crippen LogP contribution >= 0.6 is 24.0 Å². The Bertz CT molecular complexity index is 592. The minimum absolute atomic E-state index is 0. The van der Waals surface area contributed by atoms with Gasteiger partial charge in [0.05, 0.1) is 11.5 Å². The highest BCUT2D eigenvalue weighted by molar-refractivity contribution is 14.0. The third kappa shape index (κ3) is 12.5. The molecule has 0 atom stereocenters. The van der Waals surface area contributed by atoms with Crippen LogP contribution in [0.25, 0.3) is 0 Å². The Morgan fingerprint density at radius 2 is 1.73 bits per heavy atom. The maximum atomic E-state index is 12.2.